The van der Waals surface area contributed by atoms with E-state index in [0.29, 0.717) is 0 Å². The van der Waals surface area contributed by atoms with Crippen LogP contribution in [0.2, 0.25) is 0 Å². The molecule has 0 bridgehead atoms. The van der Waals surface area contributed by atoms with Gasteiger partial charge in [0, 0.05) is 7.92 Å². The molecule has 4 rings (SSSR count). The first-order chi connectivity index (χ1) is 15.1. The summed E-state index contributed by atoms with van der Waals surface area (Å²) in [6.07, 6.45) is 4.25. The molecule has 1 aliphatic carbocycles. The number of hydrogen-bond acceptors (Lipinski definition) is 0. The number of benzene rings is 3. The van der Waals surface area contributed by atoms with Gasteiger partial charge in [-0.2, -0.15) is 0 Å². The Morgan fingerprint density at radius 2 is 1.18 bits per heavy atom. The molecule has 1 saturated carbocycles. The van der Waals surface area contributed by atoms with E-state index in [2.05, 4.69) is 112 Å². The van der Waals surface area contributed by atoms with Crippen LogP contribution in [0.25, 0.3) is 0 Å². The molecule has 4 atom stereocenters. The average Bonchev–Trinajstić information content (AvgIpc) is 2.80. The topological polar surface area (TPSA) is 0 Å². The summed E-state index contributed by atoms with van der Waals surface area (Å²) in [5.41, 5.74) is 0.879. The van der Waals surface area contributed by atoms with E-state index in [0.717, 1.165) is 23.4 Å². The second kappa shape index (κ2) is 14.6. The maximum Gasteiger partial charge on any atom is 2.00 e. The van der Waals surface area contributed by atoms with E-state index in [1.54, 1.807) is 10.6 Å². The summed E-state index contributed by atoms with van der Waals surface area (Å²) in [6.45, 7) is 10.0. The quantitative estimate of drug-likeness (QED) is 0.167. The Kier molecular flexibility index (Phi) is 13.4. The van der Waals surface area contributed by atoms with Gasteiger partial charge in [0.15, 0.2) is 0 Å². The van der Waals surface area contributed by atoms with E-state index in [9.17, 15) is 0 Å². The second-order valence-corrected chi connectivity index (χ2v) is 14.9. The molecule has 3 aromatic carbocycles. The van der Waals surface area contributed by atoms with E-state index in [1.165, 1.54) is 29.9 Å². The molecule has 1 fully saturated rings. The predicted octanol–water partition coefficient (Wildman–Crippen LogP) is 7.01. The molecule has 3 aromatic rings. The molecule has 0 saturated heterocycles. The van der Waals surface area contributed by atoms with E-state index in [1.807, 2.05) is 0 Å². The van der Waals surface area contributed by atoms with Gasteiger partial charge in [-0.25, -0.2) is 0 Å². The SMILES string of the molecule is CC(C)[C@@H]1CC[C@@H](C)C[C@H]1[PH+](C)c1ccccc1[PH+](c1ccccc1)c1ccccc1.[CH3-].[CH3-].[Rh+2]. The Bertz CT molecular complexity index is 918. The first-order valence-corrected chi connectivity index (χ1v) is 15.5. The number of hydrogen-bond donors (Lipinski definition) is 0. The molecular weight excluding hydrogens is 537 g/mol. The molecule has 0 amide bonds. The monoisotopic (exact) mass is 581 g/mol. The Morgan fingerprint density at radius 1 is 0.706 bits per heavy atom. The van der Waals surface area contributed by atoms with Crippen molar-refractivity contribution in [3.63, 3.8) is 0 Å². The van der Waals surface area contributed by atoms with Gasteiger partial charge in [-0.05, 0) is 67.0 Å². The Hall–Kier alpha value is -0.857. The minimum atomic E-state index is -1.01. The molecule has 0 aliphatic heterocycles. The van der Waals surface area contributed by atoms with E-state index in [4.69, 9.17) is 0 Å². The third kappa shape index (κ3) is 7.10. The summed E-state index contributed by atoms with van der Waals surface area (Å²) in [6, 6.07) is 32.0. The van der Waals surface area contributed by atoms with Crippen LogP contribution in [0.1, 0.15) is 40.0 Å². The minimum Gasteiger partial charge on any atom is -0.358 e. The normalized spacial score (nSPS) is 20.6. The fourth-order valence-corrected chi connectivity index (χ4v) is 12.4. The molecular formula is C31H44P2Rh+2. The van der Waals surface area contributed by atoms with Gasteiger partial charge in [-0.1, -0.05) is 75.7 Å². The third-order valence-electron chi connectivity index (χ3n) is 7.32. The van der Waals surface area contributed by atoms with Crippen LogP contribution >= 0.6 is 15.8 Å². The first-order valence-electron chi connectivity index (χ1n) is 12.0. The molecule has 1 unspecified atom stereocenters. The van der Waals surface area contributed by atoms with E-state index in [-0.39, 0.29) is 34.3 Å². The van der Waals surface area contributed by atoms with Crippen molar-refractivity contribution in [1.29, 1.82) is 0 Å². The summed E-state index contributed by atoms with van der Waals surface area (Å²) in [4.78, 5) is 0. The first kappa shape index (κ1) is 31.2. The van der Waals surface area contributed by atoms with Crippen molar-refractivity contribution in [3.05, 3.63) is 99.8 Å². The molecule has 0 aromatic heterocycles. The Balaban J connectivity index is 0.00000193. The molecule has 3 heteroatoms. The molecule has 1 aliphatic rings. The van der Waals surface area contributed by atoms with Crippen LogP contribution < -0.4 is 21.2 Å². The standard InChI is InChI=1S/C29H36P2.2CH3.Rh/c1-22(2)26-20-19-23(3)21-29(26)30(4)27-17-11-12-18-28(27)31(24-13-7-5-8-14-24)25-15-9-6-10-16-25;;;/h5-18,22-23,26,29H,19-21H2,1-4H3;2*1H3;/q;2*-1;+2/p+2/t23-,26+,29-,30?;;;/m1.../s1. The van der Waals surface area contributed by atoms with Crippen molar-refractivity contribution in [2.45, 2.75) is 45.7 Å². The second-order valence-electron chi connectivity index (χ2n) is 9.77. The van der Waals surface area contributed by atoms with Crippen molar-refractivity contribution in [3.8, 4) is 0 Å². The summed E-state index contributed by atoms with van der Waals surface area (Å²) >= 11 is 0. The van der Waals surface area contributed by atoms with Crippen molar-refractivity contribution < 1.29 is 19.5 Å². The van der Waals surface area contributed by atoms with Crippen LogP contribution in [0.15, 0.2) is 84.9 Å². The van der Waals surface area contributed by atoms with Crippen LogP contribution in [-0.2, 0) is 19.5 Å². The number of rotatable bonds is 6. The van der Waals surface area contributed by atoms with E-state index < -0.39 is 15.8 Å². The van der Waals surface area contributed by atoms with Crippen LogP contribution in [-0.4, -0.2) is 12.3 Å². The maximum absolute atomic E-state index is 2.62. The van der Waals surface area contributed by atoms with Gasteiger partial charge in [0.25, 0.3) is 0 Å². The van der Waals surface area contributed by atoms with Crippen molar-refractivity contribution in [1.82, 2.24) is 0 Å². The van der Waals surface area contributed by atoms with Crippen LogP contribution in [0.5, 0.6) is 0 Å². The summed E-state index contributed by atoms with van der Waals surface area (Å²) in [5, 5.41) is 6.32. The van der Waals surface area contributed by atoms with E-state index >= 15 is 0 Å². The van der Waals surface area contributed by atoms with Gasteiger partial charge in [0.2, 0.25) is 0 Å². The van der Waals surface area contributed by atoms with Gasteiger partial charge in [-0.15, -0.1) is 0 Å². The van der Waals surface area contributed by atoms with Crippen LogP contribution in [0.4, 0.5) is 0 Å². The molecule has 0 heterocycles. The van der Waals surface area contributed by atoms with Gasteiger partial charge in [-0.3, -0.25) is 0 Å². The Morgan fingerprint density at radius 3 is 1.68 bits per heavy atom. The van der Waals surface area contributed by atoms with Crippen molar-refractivity contribution in [2.24, 2.45) is 17.8 Å². The maximum atomic E-state index is 2.62. The van der Waals surface area contributed by atoms with Crippen molar-refractivity contribution >= 4 is 37.1 Å². The summed E-state index contributed by atoms with van der Waals surface area (Å²) in [7, 11) is -1.67. The summed E-state index contributed by atoms with van der Waals surface area (Å²) < 4.78 is 0. The summed E-state index contributed by atoms with van der Waals surface area (Å²) in [5.74, 6) is 2.55. The van der Waals surface area contributed by atoms with Gasteiger partial charge in [0.1, 0.15) is 29.1 Å². The molecule has 1 radical (unpaired) electrons. The molecule has 0 N–H and O–H groups in total. The van der Waals surface area contributed by atoms with Crippen molar-refractivity contribution in [2.75, 3.05) is 6.66 Å². The largest absolute Gasteiger partial charge is 2.00 e. The fraction of sp³-hybridized carbons (Fsp3) is 0.355. The van der Waals surface area contributed by atoms with Crippen LogP contribution in [0.3, 0.4) is 0 Å². The predicted molar refractivity (Wildman–Crippen MR) is 158 cm³/mol. The smallest absolute Gasteiger partial charge is 0.358 e. The van der Waals surface area contributed by atoms with Gasteiger partial charge in [0.05, 0.1) is 12.3 Å². The zero-order valence-electron chi connectivity index (χ0n) is 21.8. The fourth-order valence-electron chi connectivity index (χ4n) is 5.63. The van der Waals surface area contributed by atoms with Crippen LogP contribution in [0, 0.1) is 32.6 Å². The average molecular weight is 582 g/mol. The van der Waals surface area contributed by atoms with Gasteiger partial charge >= 0.3 is 19.5 Å². The van der Waals surface area contributed by atoms with Gasteiger partial charge < -0.3 is 14.9 Å². The third-order valence-corrected chi connectivity index (χ3v) is 13.4. The molecule has 0 spiro atoms. The Labute approximate surface area is 225 Å². The zero-order valence-corrected chi connectivity index (χ0v) is 25.5. The molecule has 34 heavy (non-hydrogen) atoms. The zero-order chi connectivity index (χ0) is 21.8. The molecule has 0 nitrogen and oxygen atoms in total. The molecule has 185 valence electrons. The minimum absolute atomic E-state index is 0.